The number of rotatable bonds is 0. The van der Waals surface area contributed by atoms with Gasteiger partial charge in [0.1, 0.15) is 5.60 Å². The predicted octanol–water partition coefficient (Wildman–Crippen LogP) is 2.13. The average molecular weight is 268 g/mol. The zero-order valence-electron chi connectivity index (χ0n) is 10.8. The van der Waals surface area contributed by atoms with Gasteiger partial charge in [0.25, 0.3) is 0 Å². The maximum atomic E-state index is 12.6. The average Bonchev–Trinajstić information content (AvgIpc) is 2.12. The molecule has 18 heavy (non-hydrogen) atoms. The van der Waals surface area contributed by atoms with E-state index in [0.717, 1.165) is 0 Å². The number of ether oxygens (including phenoxy) is 1. The number of nitrogens with two attached hydrogens (primary N) is 1. The Balaban J connectivity index is 2.59. The molecule has 0 aromatic heterocycles. The SMILES string of the molecule is CC(C)(C)OC(=O)N1CC[C@H](C(F)(F)F)[C@H](N)C1. The molecule has 1 fully saturated rings. The Morgan fingerprint density at radius 3 is 2.28 bits per heavy atom. The highest BCUT2D eigenvalue weighted by Crippen LogP contribution is 2.33. The Morgan fingerprint density at radius 1 is 1.33 bits per heavy atom. The molecule has 0 radical (unpaired) electrons. The fourth-order valence-corrected chi connectivity index (χ4v) is 1.88. The van der Waals surface area contributed by atoms with E-state index in [0.29, 0.717) is 0 Å². The molecule has 1 heterocycles. The first-order valence-electron chi connectivity index (χ1n) is 5.81. The number of hydrogen-bond donors (Lipinski definition) is 1. The van der Waals surface area contributed by atoms with Gasteiger partial charge in [-0.05, 0) is 27.2 Å². The molecule has 2 N–H and O–H groups in total. The van der Waals surface area contributed by atoms with Crippen LogP contribution in [0, 0.1) is 5.92 Å². The van der Waals surface area contributed by atoms with E-state index >= 15 is 0 Å². The molecule has 2 atom stereocenters. The van der Waals surface area contributed by atoms with Crippen LogP contribution in [0.2, 0.25) is 0 Å². The van der Waals surface area contributed by atoms with Gasteiger partial charge < -0.3 is 15.4 Å². The minimum atomic E-state index is -4.31. The van der Waals surface area contributed by atoms with Crippen LogP contribution >= 0.6 is 0 Å². The number of hydrogen-bond acceptors (Lipinski definition) is 3. The minimum absolute atomic E-state index is 0.0206. The van der Waals surface area contributed by atoms with E-state index in [2.05, 4.69) is 0 Å². The number of alkyl halides is 3. The van der Waals surface area contributed by atoms with Crippen LogP contribution < -0.4 is 5.73 Å². The molecule has 0 aromatic carbocycles. The third-order valence-corrected chi connectivity index (χ3v) is 2.73. The van der Waals surface area contributed by atoms with E-state index < -0.39 is 29.8 Å². The number of carbonyl (C=O) groups excluding carboxylic acids is 1. The first kappa shape index (κ1) is 15.1. The van der Waals surface area contributed by atoms with Crippen molar-refractivity contribution >= 4 is 6.09 Å². The summed E-state index contributed by atoms with van der Waals surface area (Å²) >= 11 is 0. The summed E-state index contributed by atoms with van der Waals surface area (Å²) in [5, 5.41) is 0. The van der Waals surface area contributed by atoms with Gasteiger partial charge in [-0.2, -0.15) is 13.2 Å². The van der Waals surface area contributed by atoms with Crippen LogP contribution in [0.1, 0.15) is 27.2 Å². The quantitative estimate of drug-likeness (QED) is 0.732. The van der Waals surface area contributed by atoms with Gasteiger partial charge in [-0.3, -0.25) is 0 Å². The number of halogens is 3. The molecule has 1 aliphatic heterocycles. The molecule has 1 aliphatic rings. The van der Waals surface area contributed by atoms with Crippen molar-refractivity contribution in [2.45, 2.75) is 45.0 Å². The molecule has 0 aromatic rings. The molecule has 0 aliphatic carbocycles. The molecular weight excluding hydrogens is 249 g/mol. The fourth-order valence-electron chi connectivity index (χ4n) is 1.88. The molecule has 1 rings (SSSR count). The Labute approximate surface area is 104 Å². The van der Waals surface area contributed by atoms with Crippen LogP contribution in [0.5, 0.6) is 0 Å². The zero-order valence-corrected chi connectivity index (χ0v) is 10.8. The zero-order chi connectivity index (χ0) is 14.1. The number of carbonyl (C=O) groups is 1. The minimum Gasteiger partial charge on any atom is -0.444 e. The summed E-state index contributed by atoms with van der Waals surface area (Å²) < 4.78 is 42.8. The van der Waals surface area contributed by atoms with Gasteiger partial charge in [0.2, 0.25) is 0 Å². The maximum absolute atomic E-state index is 12.6. The Kier molecular flexibility index (Phi) is 4.15. The van der Waals surface area contributed by atoms with Crippen LogP contribution in [0.4, 0.5) is 18.0 Å². The molecule has 0 bridgehead atoms. The third-order valence-electron chi connectivity index (χ3n) is 2.73. The van der Waals surface area contributed by atoms with E-state index in [9.17, 15) is 18.0 Å². The van der Waals surface area contributed by atoms with Crippen molar-refractivity contribution in [3.8, 4) is 0 Å². The van der Waals surface area contributed by atoms with Crippen molar-refractivity contribution in [3.63, 3.8) is 0 Å². The summed E-state index contributed by atoms with van der Waals surface area (Å²) in [6.07, 6.45) is -5.10. The molecule has 0 saturated carbocycles. The molecule has 1 amide bonds. The topological polar surface area (TPSA) is 55.6 Å². The molecule has 7 heteroatoms. The lowest BCUT2D eigenvalue weighted by Gasteiger charge is -2.37. The summed E-state index contributed by atoms with van der Waals surface area (Å²) in [6, 6.07) is -1.09. The number of likely N-dealkylation sites (tertiary alicyclic amines) is 1. The van der Waals surface area contributed by atoms with Crippen molar-refractivity contribution in [1.29, 1.82) is 0 Å². The highest BCUT2D eigenvalue weighted by Gasteiger charge is 2.46. The van der Waals surface area contributed by atoms with Gasteiger partial charge in [0, 0.05) is 19.1 Å². The molecule has 0 spiro atoms. The summed E-state index contributed by atoms with van der Waals surface area (Å²) in [5.74, 6) is -1.55. The number of piperidine rings is 1. The second-order valence-corrected chi connectivity index (χ2v) is 5.53. The van der Waals surface area contributed by atoms with E-state index in [1.807, 2.05) is 0 Å². The molecule has 4 nitrogen and oxygen atoms in total. The van der Waals surface area contributed by atoms with E-state index in [-0.39, 0.29) is 19.5 Å². The van der Waals surface area contributed by atoms with Gasteiger partial charge in [-0.15, -0.1) is 0 Å². The van der Waals surface area contributed by atoms with Crippen molar-refractivity contribution in [2.24, 2.45) is 11.7 Å². The number of nitrogens with zero attached hydrogens (tertiary/aromatic N) is 1. The molecule has 1 saturated heterocycles. The van der Waals surface area contributed by atoms with Crippen molar-refractivity contribution < 1.29 is 22.7 Å². The third kappa shape index (κ3) is 4.04. The van der Waals surface area contributed by atoms with E-state index in [4.69, 9.17) is 10.5 Å². The summed E-state index contributed by atoms with van der Waals surface area (Å²) in [7, 11) is 0. The maximum Gasteiger partial charge on any atom is 0.410 e. The van der Waals surface area contributed by atoms with Gasteiger partial charge in [0.05, 0.1) is 5.92 Å². The largest absolute Gasteiger partial charge is 0.444 e. The van der Waals surface area contributed by atoms with Crippen LogP contribution in [-0.2, 0) is 4.74 Å². The van der Waals surface area contributed by atoms with E-state index in [1.165, 1.54) is 4.90 Å². The second kappa shape index (κ2) is 4.95. The molecule has 0 unspecified atom stereocenters. The Hall–Kier alpha value is -0.980. The van der Waals surface area contributed by atoms with Crippen molar-refractivity contribution in [1.82, 2.24) is 4.90 Å². The first-order valence-corrected chi connectivity index (χ1v) is 5.81. The Bertz CT molecular complexity index is 312. The Morgan fingerprint density at radius 2 is 1.89 bits per heavy atom. The van der Waals surface area contributed by atoms with Gasteiger partial charge in [-0.1, -0.05) is 0 Å². The summed E-state index contributed by atoms with van der Waals surface area (Å²) in [5.41, 5.74) is 4.82. The van der Waals surface area contributed by atoms with Crippen LogP contribution in [0.25, 0.3) is 0 Å². The fraction of sp³-hybridized carbons (Fsp3) is 0.909. The van der Waals surface area contributed by atoms with Crippen LogP contribution in [0.15, 0.2) is 0 Å². The normalized spacial score (nSPS) is 26.1. The summed E-state index contributed by atoms with van der Waals surface area (Å²) in [6.45, 7) is 5.00. The summed E-state index contributed by atoms with van der Waals surface area (Å²) in [4.78, 5) is 12.9. The highest BCUT2D eigenvalue weighted by atomic mass is 19.4. The van der Waals surface area contributed by atoms with Gasteiger partial charge in [-0.25, -0.2) is 4.79 Å². The lowest BCUT2D eigenvalue weighted by atomic mass is 9.92. The predicted molar refractivity (Wildman–Crippen MR) is 59.9 cm³/mol. The lowest BCUT2D eigenvalue weighted by molar-refractivity contribution is -0.189. The monoisotopic (exact) mass is 268 g/mol. The van der Waals surface area contributed by atoms with Crippen LogP contribution in [0.3, 0.4) is 0 Å². The van der Waals surface area contributed by atoms with Crippen molar-refractivity contribution in [2.75, 3.05) is 13.1 Å². The highest BCUT2D eigenvalue weighted by molar-refractivity contribution is 5.68. The first-order chi connectivity index (χ1) is 8.00. The van der Waals surface area contributed by atoms with Crippen molar-refractivity contribution in [3.05, 3.63) is 0 Å². The second-order valence-electron chi connectivity index (χ2n) is 5.53. The van der Waals surface area contributed by atoms with E-state index in [1.54, 1.807) is 20.8 Å². The molecule has 106 valence electrons. The van der Waals surface area contributed by atoms with Gasteiger partial charge >= 0.3 is 12.3 Å². The lowest BCUT2D eigenvalue weighted by Crippen LogP contribution is -2.55. The number of amides is 1. The smallest absolute Gasteiger partial charge is 0.410 e. The molecular formula is C11H19F3N2O2. The van der Waals surface area contributed by atoms with Crippen LogP contribution in [-0.4, -0.2) is 41.9 Å². The van der Waals surface area contributed by atoms with Gasteiger partial charge in [0.15, 0.2) is 0 Å². The standard InChI is InChI=1S/C11H19F3N2O2/c1-10(2,3)18-9(17)16-5-4-7(8(15)6-16)11(12,13)14/h7-8H,4-6,15H2,1-3H3/t7-,8+/m0/s1.